The lowest BCUT2D eigenvalue weighted by atomic mass is 10.1. The van der Waals surface area contributed by atoms with Gasteiger partial charge in [-0.25, -0.2) is 4.98 Å². The molecular formula is C22H19ClN6O4. The number of rotatable bonds is 3. The van der Waals surface area contributed by atoms with Crippen molar-refractivity contribution in [3.8, 4) is 17.6 Å². The van der Waals surface area contributed by atoms with Crippen molar-refractivity contribution in [3.05, 3.63) is 45.3 Å². The predicted molar refractivity (Wildman–Crippen MR) is 117 cm³/mol. The van der Waals surface area contributed by atoms with Gasteiger partial charge in [0.1, 0.15) is 35.4 Å². The third kappa shape index (κ3) is 2.93. The minimum atomic E-state index is -0.936. The second-order valence-electron chi connectivity index (χ2n) is 8.44. The minimum Gasteiger partial charge on any atom is -0.368 e. The Labute approximate surface area is 192 Å². The SMILES string of the molecule is CC1(n2c(=O)c3c(-c4noc(C5CCCO5)n4)ncn3c3ccc(Cl)c(C#N)c32)CCCO1. The van der Waals surface area contributed by atoms with Crippen LogP contribution in [0.2, 0.25) is 5.02 Å². The van der Waals surface area contributed by atoms with Crippen LogP contribution in [0.15, 0.2) is 27.8 Å². The third-order valence-corrected chi connectivity index (χ3v) is 6.72. The number of nitrogens with zero attached hydrogens (tertiary/aromatic N) is 6. The van der Waals surface area contributed by atoms with Gasteiger partial charge in [-0.05, 0) is 44.7 Å². The van der Waals surface area contributed by atoms with Crippen molar-refractivity contribution in [1.82, 2.24) is 24.1 Å². The van der Waals surface area contributed by atoms with E-state index in [1.54, 1.807) is 16.5 Å². The summed E-state index contributed by atoms with van der Waals surface area (Å²) >= 11 is 6.35. The van der Waals surface area contributed by atoms with E-state index in [4.69, 9.17) is 25.6 Å². The lowest BCUT2D eigenvalue weighted by Gasteiger charge is -2.28. The van der Waals surface area contributed by atoms with E-state index < -0.39 is 5.72 Å². The monoisotopic (exact) mass is 466 g/mol. The Morgan fingerprint density at radius 2 is 2.15 bits per heavy atom. The zero-order valence-electron chi connectivity index (χ0n) is 17.7. The average Bonchev–Trinajstić information content (AvgIpc) is 3.59. The van der Waals surface area contributed by atoms with E-state index in [0.717, 1.165) is 19.3 Å². The summed E-state index contributed by atoms with van der Waals surface area (Å²) in [5.41, 5.74) is 0.466. The molecule has 168 valence electrons. The van der Waals surface area contributed by atoms with Gasteiger partial charge in [0.05, 0.1) is 21.6 Å². The summed E-state index contributed by atoms with van der Waals surface area (Å²) in [5.74, 6) is 0.576. The Morgan fingerprint density at radius 3 is 2.88 bits per heavy atom. The van der Waals surface area contributed by atoms with Crippen LogP contribution >= 0.6 is 11.6 Å². The number of aromatic nitrogens is 5. The Balaban J connectivity index is 1.67. The molecular weight excluding hydrogens is 448 g/mol. The summed E-state index contributed by atoms with van der Waals surface area (Å²) in [5, 5.41) is 14.2. The fraction of sp³-hybridized carbons (Fsp3) is 0.409. The van der Waals surface area contributed by atoms with Crippen LogP contribution in [0.4, 0.5) is 0 Å². The molecule has 2 fully saturated rings. The van der Waals surface area contributed by atoms with E-state index in [2.05, 4.69) is 21.2 Å². The highest BCUT2D eigenvalue weighted by Gasteiger charge is 2.37. The van der Waals surface area contributed by atoms with Crippen molar-refractivity contribution in [2.45, 2.75) is 44.4 Å². The van der Waals surface area contributed by atoms with Crippen LogP contribution in [0, 0.1) is 11.3 Å². The van der Waals surface area contributed by atoms with Gasteiger partial charge in [0.15, 0.2) is 0 Å². The van der Waals surface area contributed by atoms with Gasteiger partial charge >= 0.3 is 0 Å². The molecule has 0 radical (unpaired) electrons. The molecule has 4 aromatic rings. The molecule has 0 amide bonds. The highest BCUT2D eigenvalue weighted by molar-refractivity contribution is 6.32. The molecule has 10 nitrogen and oxygen atoms in total. The normalized spacial score (nSPS) is 23.0. The first kappa shape index (κ1) is 20.4. The standard InChI is InChI=1S/C22H19ClN6O4/c1-22(7-3-9-32-22)29-17-12(10-24)13(23)5-6-14(17)28-11-25-16(18(28)21(29)30)19-26-20(33-27-19)15-4-2-8-31-15/h5-6,11,15H,2-4,7-9H2,1H3. The summed E-state index contributed by atoms with van der Waals surface area (Å²) in [6.45, 7) is 3.01. The quantitative estimate of drug-likeness (QED) is 0.449. The minimum absolute atomic E-state index is 0.206. The van der Waals surface area contributed by atoms with Gasteiger partial charge in [-0.1, -0.05) is 16.8 Å². The molecule has 11 heteroatoms. The number of hydrogen-bond acceptors (Lipinski definition) is 8. The predicted octanol–water partition coefficient (Wildman–Crippen LogP) is 3.56. The van der Waals surface area contributed by atoms with Crippen molar-refractivity contribution in [1.29, 1.82) is 5.26 Å². The number of ether oxygens (including phenoxy) is 2. The van der Waals surface area contributed by atoms with Crippen LogP contribution in [-0.2, 0) is 15.2 Å². The van der Waals surface area contributed by atoms with Crippen molar-refractivity contribution < 1.29 is 14.0 Å². The molecule has 2 atom stereocenters. The molecule has 0 N–H and O–H groups in total. The van der Waals surface area contributed by atoms with Gasteiger partial charge in [-0.2, -0.15) is 10.2 Å². The number of imidazole rings is 1. The molecule has 0 spiro atoms. The molecule has 2 unspecified atom stereocenters. The molecule has 2 aliphatic heterocycles. The zero-order chi connectivity index (χ0) is 22.7. The van der Waals surface area contributed by atoms with E-state index in [-0.39, 0.29) is 33.6 Å². The maximum atomic E-state index is 14.0. The number of hydrogen-bond donors (Lipinski definition) is 0. The van der Waals surface area contributed by atoms with Gasteiger partial charge in [0.2, 0.25) is 5.82 Å². The summed E-state index contributed by atoms with van der Waals surface area (Å²) in [6.07, 6.45) is 4.41. The van der Waals surface area contributed by atoms with Crippen LogP contribution in [0.1, 0.15) is 50.2 Å². The molecule has 0 aliphatic carbocycles. The lowest BCUT2D eigenvalue weighted by molar-refractivity contribution is -0.0448. The van der Waals surface area contributed by atoms with E-state index >= 15 is 0 Å². The number of fused-ring (bicyclic) bond motifs is 3. The topological polar surface area (TPSA) is 120 Å². The maximum Gasteiger partial charge on any atom is 0.280 e. The Bertz CT molecular complexity index is 1500. The van der Waals surface area contributed by atoms with Crippen LogP contribution in [0.25, 0.3) is 28.1 Å². The molecule has 3 aromatic heterocycles. The second kappa shape index (κ2) is 7.38. The third-order valence-electron chi connectivity index (χ3n) is 6.40. The van der Waals surface area contributed by atoms with E-state index in [1.807, 2.05) is 6.92 Å². The van der Waals surface area contributed by atoms with Gasteiger partial charge in [-0.3, -0.25) is 13.8 Å². The zero-order valence-corrected chi connectivity index (χ0v) is 18.5. The van der Waals surface area contributed by atoms with Crippen molar-refractivity contribution in [2.24, 2.45) is 0 Å². The average molecular weight is 467 g/mol. The highest BCUT2D eigenvalue weighted by Crippen LogP contribution is 2.36. The lowest BCUT2D eigenvalue weighted by Crippen LogP contribution is -2.39. The van der Waals surface area contributed by atoms with Crippen molar-refractivity contribution in [2.75, 3.05) is 13.2 Å². The van der Waals surface area contributed by atoms with Gasteiger partial charge in [-0.15, -0.1) is 0 Å². The van der Waals surface area contributed by atoms with E-state index in [0.29, 0.717) is 42.3 Å². The smallest absolute Gasteiger partial charge is 0.280 e. The Hall–Kier alpha value is -3.26. The summed E-state index contributed by atoms with van der Waals surface area (Å²) in [7, 11) is 0. The van der Waals surface area contributed by atoms with Gasteiger partial charge in [0, 0.05) is 13.2 Å². The molecule has 6 rings (SSSR count). The Morgan fingerprint density at radius 1 is 1.27 bits per heavy atom. The first-order valence-corrected chi connectivity index (χ1v) is 11.1. The first-order valence-electron chi connectivity index (χ1n) is 10.8. The van der Waals surface area contributed by atoms with Crippen LogP contribution in [0.5, 0.6) is 0 Å². The molecule has 5 heterocycles. The molecule has 1 aromatic carbocycles. The Kier molecular flexibility index (Phi) is 4.55. The largest absolute Gasteiger partial charge is 0.368 e. The van der Waals surface area contributed by atoms with Crippen LogP contribution < -0.4 is 5.56 Å². The summed E-state index contributed by atoms with van der Waals surface area (Å²) in [4.78, 5) is 22.9. The maximum absolute atomic E-state index is 14.0. The molecule has 0 bridgehead atoms. The number of nitriles is 1. The van der Waals surface area contributed by atoms with E-state index in [9.17, 15) is 10.1 Å². The summed E-state index contributed by atoms with van der Waals surface area (Å²) < 4.78 is 20.2. The van der Waals surface area contributed by atoms with E-state index in [1.165, 1.54) is 10.9 Å². The number of benzene rings is 1. The first-order chi connectivity index (χ1) is 16.0. The van der Waals surface area contributed by atoms with Gasteiger partial charge in [0.25, 0.3) is 11.4 Å². The molecule has 0 saturated carbocycles. The van der Waals surface area contributed by atoms with Crippen LogP contribution in [-0.4, -0.2) is 37.3 Å². The number of halogens is 1. The van der Waals surface area contributed by atoms with Crippen LogP contribution in [0.3, 0.4) is 0 Å². The molecule has 33 heavy (non-hydrogen) atoms. The van der Waals surface area contributed by atoms with Crippen molar-refractivity contribution in [3.63, 3.8) is 0 Å². The fourth-order valence-electron chi connectivity index (χ4n) is 4.82. The van der Waals surface area contributed by atoms with Gasteiger partial charge < -0.3 is 14.0 Å². The molecule has 2 saturated heterocycles. The fourth-order valence-corrected chi connectivity index (χ4v) is 5.01. The second-order valence-corrected chi connectivity index (χ2v) is 8.85. The highest BCUT2D eigenvalue weighted by atomic mass is 35.5. The van der Waals surface area contributed by atoms with Crippen molar-refractivity contribution >= 4 is 28.2 Å². The molecule has 2 aliphatic rings. The summed E-state index contributed by atoms with van der Waals surface area (Å²) in [6, 6.07) is 5.55.